The van der Waals surface area contributed by atoms with Crippen LogP contribution in [0.3, 0.4) is 0 Å². The lowest BCUT2D eigenvalue weighted by Gasteiger charge is -2.19. The largest absolute Gasteiger partial charge is 0.359 e. The number of rotatable bonds is 7. The number of amides is 1. The Labute approximate surface area is 161 Å². The van der Waals surface area contributed by atoms with Gasteiger partial charge in [0.05, 0.1) is 0 Å². The fraction of sp³-hybridized carbons (Fsp3) is 0.208. The van der Waals surface area contributed by atoms with Crippen LogP contribution >= 0.6 is 0 Å². The number of nitrogens with one attached hydrogen (secondary N) is 1. The Morgan fingerprint density at radius 2 is 1.48 bits per heavy atom. The fourth-order valence-electron chi connectivity index (χ4n) is 3.09. The molecule has 1 amide bonds. The molecule has 0 fully saturated rings. The van der Waals surface area contributed by atoms with Gasteiger partial charge in [-0.3, -0.25) is 4.79 Å². The molecular weight excluding hydrogens is 334 g/mol. The van der Waals surface area contributed by atoms with Gasteiger partial charge in [-0.05, 0) is 36.1 Å². The van der Waals surface area contributed by atoms with Crippen LogP contribution in [-0.4, -0.2) is 12.5 Å². The molecule has 3 rings (SSSR count). The first-order valence-electron chi connectivity index (χ1n) is 9.18. The van der Waals surface area contributed by atoms with Crippen molar-refractivity contribution in [3.8, 4) is 0 Å². The molecule has 3 aromatic rings. The Morgan fingerprint density at radius 3 is 2.04 bits per heavy atom. The van der Waals surface area contributed by atoms with Crippen molar-refractivity contribution in [3.05, 3.63) is 107 Å². The molecule has 0 aliphatic carbocycles. The van der Waals surface area contributed by atoms with Crippen LogP contribution in [0.15, 0.2) is 78.9 Å². The number of hydrogen-bond acceptors (Lipinski definition) is 2. The van der Waals surface area contributed by atoms with Crippen LogP contribution in [0.4, 0.5) is 0 Å². The van der Waals surface area contributed by atoms with E-state index in [0.29, 0.717) is 6.54 Å². The molecule has 138 valence electrons. The van der Waals surface area contributed by atoms with E-state index in [1.165, 1.54) is 11.1 Å². The second-order valence-corrected chi connectivity index (χ2v) is 6.72. The van der Waals surface area contributed by atoms with Gasteiger partial charge in [-0.25, -0.2) is 0 Å². The first-order valence-corrected chi connectivity index (χ1v) is 9.18. The second kappa shape index (κ2) is 9.15. The quantitative estimate of drug-likeness (QED) is 0.662. The Bertz CT molecular complexity index is 836. The van der Waals surface area contributed by atoms with E-state index < -0.39 is 0 Å². The summed E-state index contributed by atoms with van der Waals surface area (Å²) in [4.78, 5) is 12.3. The molecule has 0 aromatic heterocycles. The molecule has 0 aliphatic heterocycles. The molecule has 3 aromatic carbocycles. The van der Waals surface area contributed by atoms with Gasteiger partial charge in [-0.1, -0.05) is 84.4 Å². The van der Waals surface area contributed by atoms with Gasteiger partial charge < -0.3 is 10.1 Å². The molecule has 0 saturated heterocycles. The molecule has 0 aliphatic rings. The first-order chi connectivity index (χ1) is 13.1. The maximum Gasteiger partial charge on any atom is 0.246 e. The molecule has 0 spiro atoms. The summed E-state index contributed by atoms with van der Waals surface area (Å²) in [5, 5.41) is 2.95. The summed E-state index contributed by atoms with van der Waals surface area (Å²) in [6.07, 6.45) is -0.265. The van der Waals surface area contributed by atoms with Crippen molar-refractivity contribution in [1.82, 2.24) is 5.32 Å². The van der Waals surface area contributed by atoms with Gasteiger partial charge in [0.15, 0.2) is 0 Å². The van der Waals surface area contributed by atoms with Crippen molar-refractivity contribution >= 4 is 5.91 Å². The van der Waals surface area contributed by atoms with Crippen molar-refractivity contribution in [2.24, 2.45) is 0 Å². The average Bonchev–Trinajstić information content (AvgIpc) is 2.69. The Kier molecular flexibility index (Phi) is 6.39. The smallest absolute Gasteiger partial charge is 0.246 e. The highest BCUT2D eigenvalue weighted by Crippen LogP contribution is 2.25. The number of hydrogen-bond donors (Lipinski definition) is 1. The normalized spacial score (nSPS) is 10.8. The summed E-state index contributed by atoms with van der Waals surface area (Å²) < 4.78 is 6.00. The highest BCUT2D eigenvalue weighted by atomic mass is 16.5. The summed E-state index contributed by atoms with van der Waals surface area (Å²) in [6.45, 7) is 4.65. The van der Waals surface area contributed by atoms with Gasteiger partial charge in [-0.2, -0.15) is 0 Å². The Balaban J connectivity index is 1.62. The maximum absolute atomic E-state index is 12.3. The van der Waals surface area contributed by atoms with E-state index in [1.807, 2.05) is 60.7 Å². The molecule has 27 heavy (non-hydrogen) atoms. The molecule has 0 radical (unpaired) electrons. The van der Waals surface area contributed by atoms with Crippen LogP contribution < -0.4 is 5.32 Å². The maximum atomic E-state index is 12.3. The molecule has 0 heterocycles. The Hall–Kier alpha value is -2.91. The van der Waals surface area contributed by atoms with E-state index in [4.69, 9.17) is 4.74 Å². The van der Waals surface area contributed by atoms with Gasteiger partial charge in [0.2, 0.25) is 5.91 Å². The highest BCUT2D eigenvalue weighted by Gasteiger charge is 2.16. The van der Waals surface area contributed by atoms with E-state index in [0.717, 1.165) is 16.7 Å². The summed E-state index contributed by atoms with van der Waals surface area (Å²) in [7, 11) is 0. The van der Waals surface area contributed by atoms with Crippen LogP contribution in [0.2, 0.25) is 0 Å². The van der Waals surface area contributed by atoms with Crippen LogP contribution in [-0.2, 0) is 16.1 Å². The van der Waals surface area contributed by atoms with Crippen LogP contribution in [0, 0.1) is 13.8 Å². The van der Waals surface area contributed by atoms with Crippen LogP contribution in [0.1, 0.15) is 33.9 Å². The van der Waals surface area contributed by atoms with Crippen molar-refractivity contribution in [1.29, 1.82) is 0 Å². The van der Waals surface area contributed by atoms with Crippen molar-refractivity contribution in [2.45, 2.75) is 26.5 Å². The highest BCUT2D eigenvalue weighted by molar-refractivity contribution is 5.77. The van der Waals surface area contributed by atoms with Crippen molar-refractivity contribution in [3.63, 3.8) is 0 Å². The van der Waals surface area contributed by atoms with Crippen LogP contribution in [0.5, 0.6) is 0 Å². The minimum atomic E-state index is -0.265. The van der Waals surface area contributed by atoms with E-state index in [-0.39, 0.29) is 18.6 Å². The van der Waals surface area contributed by atoms with Crippen LogP contribution in [0.25, 0.3) is 0 Å². The van der Waals surface area contributed by atoms with E-state index >= 15 is 0 Å². The topological polar surface area (TPSA) is 38.3 Å². The minimum absolute atomic E-state index is 0.0133. The lowest BCUT2D eigenvalue weighted by Crippen LogP contribution is -2.28. The summed E-state index contributed by atoms with van der Waals surface area (Å²) in [6, 6.07) is 26.2. The summed E-state index contributed by atoms with van der Waals surface area (Å²) >= 11 is 0. The molecule has 0 saturated carbocycles. The van der Waals surface area contributed by atoms with E-state index in [9.17, 15) is 4.79 Å². The second-order valence-electron chi connectivity index (χ2n) is 6.72. The van der Waals surface area contributed by atoms with Gasteiger partial charge in [0.1, 0.15) is 12.7 Å². The first kappa shape index (κ1) is 18.9. The number of ether oxygens (including phenoxy) is 1. The molecular formula is C24H25NO2. The number of aryl methyl sites for hydroxylation is 2. The lowest BCUT2D eigenvalue weighted by atomic mass is 10.0. The molecule has 3 nitrogen and oxygen atoms in total. The third-order valence-electron chi connectivity index (χ3n) is 4.56. The summed E-state index contributed by atoms with van der Waals surface area (Å²) in [5.74, 6) is -0.119. The molecule has 0 atom stereocenters. The monoisotopic (exact) mass is 359 g/mol. The zero-order valence-electron chi connectivity index (χ0n) is 15.8. The zero-order valence-corrected chi connectivity index (χ0v) is 15.8. The SMILES string of the molecule is Cc1ccc(CNC(=O)COC(c2ccccc2)c2ccccc2)c(C)c1. The molecule has 3 heteroatoms. The molecule has 0 bridgehead atoms. The number of carbonyl (C=O) groups is 1. The predicted octanol–water partition coefficient (Wildman–Crippen LogP) is 4.73. The van der Waals surface area contributed by atoms with Gasteiger partial charge in [0.25, 0.3) is 0 Å². The van der Waals surface area contributed by atoms with Crippen molar-refractivity contribution in [2.75, 3.05) is 6.61 Å². The van der Waals surface area contributed by atoms with Gasteiger partial charge >= 0.3 is 0 Å². The van der Waals surface area contributed by atoms with E-state index in [2.05, 4.69) is 37.4 Å². The number of carbonyl (C=O) groups excluding carboxylic acids is 1. The predicted molar refractivity (Wildman–Crippen MR) is 108 cm³/mol. The van der Waals surface area contributed by atoms with E-state index in [1.54, 1.807) is 0 Å². The molecule has 0 unspecified atom stereocenters. The number of benzene rings is 3. The molecule has 1 N–H and O–H groups in total. The zero-order chi connectivity index (χ0) is 19.1. The summed E-state index contributed by atoms with van der Waals surface area (Å²) in [5.41, 5.74) is 5.59. The lowest BCUT2D eigenvalue weighted by molar-refractivity contribution is -0.127. The van der Waals surface area contributed by atoms with Gasteiger partial charge in [-0.15, -0.1) is 0 Å². The standard InChI is InChI=1S/C24H25NO2/c1-18-13-14-22(19(2)15-18)16-25-23(26)17-27-24(20-9-5-3-6-10-20)21-11-7-4-8-12-21/h3-15,24H,16-17H2,1-2H3,(H,25,26). The average molecular weight is 359 g/mol. The third kappa shape index (κ3) is 5.28. The fourth-order valence-corrected chi connectivity index (χ4v) is 3.09. The minimum Gasteiger partial charge on any atom is -0.359 e. The van der Waals surface area contributed by atoms with Gasteiger partial charge in [0, 0.05) is 6.54 Å². The van der Waals surface area contributed by atoms with Crippen molar-refractivity contribution < 1.29 is 9.53 Å². The Morgan fingerprint density at radius 1 is 0.889 bits per heavy atom. The third-order valence-corrected chi connectivity index (χ3v) is 4.56.